The average molecular weight is 491 g/mol. The summed E-state index contributed by atoms with van der Waals surface area (Å²) in [4.78, 5) is 29.9. The quantitative estimate of drug-likeness (QED) is 0.429. The molecule has 1 aliphatic rings. The molecule has 2 N–H and O–H groups in total. The molecule has 3 aromatic rings. The van der Waals surface area contributed by atoms with Gasteiger partial charge in [-0.25, -0.2) is 0 Å². The number of rotatable bonds is 11. The van der Waals surface area contributed by atoms with Crippen LogP contribution < -0.4 is 10.6 Å². The molecular weight excluding hydrogens is 456 g/mol. The summed E-state index contributed by atoms with van der Waals surface area (Å²) in [6.07, 6.45) is 1.57. The molecular formula is C28H34N4O4. The maximum atomic E-state index is 13.3. The van der Waals surface area contributed by atoms with Gasteiger partial charge < -0.3 is 24.7 Å². The number of morpholine rings is 1. The zero-order valence-corrected chi connectivity index (χ0v) is 20.7. The lowest BCUT2D eigenvalue weighted by Gasteiger charge is -2.31. The third-order valence-electron chi connectivity index (χ3n) is 6.20. The van der Waals surface area contributed by atoms with Crippen molar-refractivity contribution in [3.05, 3.63) is 89.9 Å². The van der Waals surface area contributed by atoms with E-state index in [-0.39, 0.29) is 37.5 Å². The second kappa shape index (κ2) is 13.0. The van der Waals surface area contributed by atoms with Crippen LogP contribution in [-0.2, 0) is 20.9 Å². The first-order chi connectivity index (χ1) is 17.6. The standard InChI is InChI=1S/C28H34N4O4/c1-22-9-11-23(12-10-22)26(20-31-13-16-35-17-14-31)29-18-28(34)32(19-25-8-5-15-36-25)21-27(33)30-24-6-3-2-4-7-24/h2-12,15,26,29H,13-14,16-21H2,1H3,(H,30,33)/t26-/m1/s1. The molecule has 1 aromatic heterocycles. The van der Waals surface area contributed by atoms with E-state index in [9.17, 15) is 9.59 Å². The summed E-state index contributed by atoms with van der Waals surface area (Å²) in [5.74, 6) is 0.192. The molecule has 2 aromatic carbocycles. The van der Waals surface area contributed by atoms with E-state index in [1.165, 1.54) is 10.5 Å². The second-order valence-electron chi connectivity index (χ2n) is 9.00. The van der Waals surface area contributed by atoms with Gasteiger partial charge >= 0.3 is 0 Å². The Morgan fingerprint density at radius 1 is 1.00 bits per heavy atom. The minimum Gasteiger partial charge on any atom is -0.467 e. The van der Waals surface area contributed by atoms with Crippen LogP contribution in [0.4, 0.5) is 5.69 Å². The lowest BCUT2D eigenvalue weighted by Crippen LogP contribution is -2.46. The normalized spacial score (nSPS) is 14.8. The van der Waals surface area contributed by atoms with Crippen LogP contribution in [0.15, 0.2) is 77.4 Å². The number of nitrogens with one attached hydrogen (secondary N) is 2. The van der Waals surface area contributed by atoms with E-state index in [1.54, 1.807) is 18.4 Å². The number of hydrogen-bond acceptors (Lipinski definition) is 6. The predicted molar refractivity (Wildman–Crippen MR) is 138 cm³/mol. The topological polar surface area (TPSA) is 87.0 Å². The van der Waals surface area contributed by atoms with Crippen molar-refractivity contribution >= 4 is 17.5 Å². The molecule has 8 heteroatoms. The fourth-order valence-corrected chi connectivity index (χ4v) is 4.17. The molecule has 0 bridgehead atoms. The van der Waals surface area contributed by atoms with Gasteiger partial charge in [0.2, 0.25) is 11.8 Å². The summed E-state index contributed by atoms with van der Waals surface area (Å²) >= 11 is 0. The van der Waals surface area contributed by atoms with Crippen molar-refractivity contribution in [1.29, 1.82) is 0 Å². The maximum Gasteiger partial charge on any atom is 0.244 e. The Morgan fingerprint density at radius 3 is 2.44 bits per heavy atom. The van der Waals surface area contributed by atoms with Crippen molar-refractivity contribution in [1.82, 2.24) is 15.1 Å². The van der Waals surface area contributed by atoms with Gasteiger partial charge in [0.25, 0.3) is 0 Å². The van der Waals surface area contributed by atoms with Crippen molar-refractivity contribution < 1.29 is 18.7 Å². The molecule has 1 aliphatic heterocycles. The van der Waals surface area contributed by atoms with Gasteiger partial charge in [-0.15, -0.1) is 0 Å². The van der Waals surface area contributed by atoms with E-state index in [0.29, 0.717) is 24.7 Å². The molecule has 8 nitrogen and oxygen atoms in total. The molecule has 1 atom stereocenters. The van der Waals surface area contributed by atoms with Gasteiger partial charge in [0, 0.05) is 31.4 Å². The van der Waals surface area contributed by atoms with Gasteiger partial charge in [0.05, 0.1) is 32.6 Å². The maximum absolute atomic E-state index is 13.3. The SMILES string of the molecule is Cc1ccc([C@@H](CN2CCOCC2)NCC(=O)N(CC(=O)Nc2ccccc2)Cc2ccco2)cc1. The summed E-state index contributed by atoms with van der Waals surface area (Å²) in [6, 6.07) is 21.1. The first-order valence-electron chi connectivity index (χ1n) is 12.3. The van der Waals surface area contributed by atoms with Crippen molar-refractivity contribution in [2.75, 3.05) is 51.3 Å². The van der Waals surface area contributed by atoms with Crippen LogP contribution in [0.3, 0.4) is 0 Å². The monoisotopic (exact) mass is 490 g/mol. The van der Waals surface area contributed by atoms with Gasteiger partial charge in [-0.1, -0.05) is 48.0 Å². The highest BCUT2D eigenvalue weighted by molar-refractivity contribution is 5.94. The van der Waals surface area contributed by atoms with Gasteiger partial charge in [-0.3, -0.25) is 14.5 Å². The van der Waals surface area contributed by atoms with E-state index < -0.39 is 0 Å². The fourth-order valence-electron chi connectivity index (χ4n) is 4.17. The number of ether oxygens (including phenoxy) is 1. The van der Waals surface area contributed by atoms with E-state index in [1.807, 2.05) is 30.3 Å². The van der Waals surface area contributed by atoms with E-state index >= 15 is 0 Å². The van der Waals surface area contributed by atoms with Gasteiger partial charge in [-0.05, 0) is 36.8 Å². The minimum absolute atomic E-state index is 0.0312. The van der Waals surface area contributed by atoms with Gasteiger partial charge in [-0.2, -0.15) is 0 Å². The largest absolute Gasteiger partial charge is 0.467 e. The molecule has 36 heavy (non-hydrogen) atoms. The molecule has 1 saturated heterocycles. The van der Waals surface area contributed by atoms with Crippen LogP contribution >= 0.6 is 0 Å². The molecule has 190 valence electrons. The number of aryl methyl sites for hydroxylation is 1. The number of carbonyl (C=O) groups is 2. The highest BCUT2D eigenvalue weighted by atomic mass is 16.5. The number of carbonyl (C=O) groups excluding carboxylic acids is 2. The van der Waals surface area contributed by atoms with Crippen LogP contribution in [0.2, 0.25) is 0 Å². The number of amides is 2. The highest BCUT2D eigenvalue weighted by Crippen LogP contribution is 2.17. The zero-order valence-electron chi connectivity index (χ0n) is 20.7. The highest BCUT2D eigenvalue weighted by Gasteiger charge is 2.23. The summed E-state index contributed by atoms with van der Waals surface area (Å²) in [5, 5.41) is 6.30. The summed E-state index contributed by atoms with van der Waals surface area (Å²) in [7, 11) is 0. The molecule has 0 unspecified atom stereocenters. The lowest BCUT2D eigenvalue weighted by molar-refractivity contribution is -0.134. The molecule has 0 saturated carbocycles. The third-order valence-corrected chi connectivity index (χ3v) is 6.20. The molecule has 0 aliphatic carbocycles. The summed E-state index contributed by atoms with van der Waals surface area (Å²) < 4.78 is 10.9. The second-order valence-corrected chi connectivity index (χ2v) is 9.00. The van der Waals surface area contributed by atoms with Crippen molar-refractivity contribution in [3.8, 4) is 0 Å². The molecule has 4 rings (SSSR count). The smallest absolute Gasteiger partial charge is 0.244 e. The molecule has 0 spiro atoms. The Morgan fingerprint density at radius 2 is 1.75 bits per heavy atom. The van der Waals surface area contributed by atoms with Crippen LogP contribution in [0.25, 0.3) is 0 Å². The van der Waals surface area contributed by atoms with E-state index in [2.05, 4.69) is 46.7 Å². The Hall–Kier alpha value is -3.46. The number of para-hydroxylation sites is 1. The first-order valence-corrected chi connectivity index (χ1v) is 12.3. The Bertz CT molecular complexity index is 1080. The summed E-state index contributed by atoms with van der Waals surface area (Å²) in [6.45, 7) is 6.23. The average Bonchev–Trinajstić information content (AvgIpc) is 3.41. The fraction of sp³-hybridized carbons (Fsp3) is 0.357. The summed E-state index contributed by atoms with van der Waals surface area (Å²) in [5.41, 5.74) is 3.00. The molecule has 0 radical (unpaired) electrons. The van der Waals surface area contributed by atoms with Crippen LogP contribution in [0.5, 0.6) is 0 Å². The Balaban J connectivity index is 1.42. The minimum atomic E-state index is -0.260. The van der Waals surface area contributed by atoms with Crippen molar-refractivity contribution in [2.45, 2.75) is 19.5 Å². The number of furan rings is 1. The Kier molecular flexibility index (Phi) is 9.27. The van der Waals surface area contributed by atoms with Crippen molar-refractivity contribution in [2.24, 2.45) is 0 Å². The van der Waals surface area contributed by atoms with Crippen LogP contribution in [0, 0.1) is 6.92 Å². The number of nitrogens with zero attached hydrogens (tertiary/aromatic N) is 2. The number of anilines is 1. The first kappa shape index (κ1) is 25.6. The molecule has 2 heterocycles. The van der Waals surface area contributed by atoms with Gasteiger partial charge in [0.1, 0.15) is 12.3 Å². The van der Waals surface area contributed by atoms with Gasteiger partial charge in [0.15, 0.2) is 0 Å². The third kappa shape index (κ3) is 7.78. The van der Waals surface area contributed by atoms with E-state index in [4.69, 9.17) is 9.15 Å². The van der Waals surface area contributed by atoms with E-state index in [0.717, 1.165) is 25.2 Å². The van der Waals surface area contributed by atoms with Crippen LogP contribution in [0.1, 0.15) is 22.9 Å². The lowest BCUT2D eigenvalue weighted by atomic mass is 10.0. The van der Waals surface area contributed by atoms with Crippen LogP contribution in [-0.4, -0.2) is 67.6 Å². The predicted octanol–water partition coefficient (Wildman–Crippen LogP) is 3.22. The number of benzene rings is 2. The molecule has 2 amide bonds. The Labute approximate surface area is 212 Å². The zero-order chi connectivity index (χ0) is 25.2. The van der Waals surface area contributed by atoms with Crippen molar-refractivity contribution in [3.63, 3.8) is 0 Å². The molecule has 1 fully saturated rings. The number of hydrogen-bond donors (Lipinski definition) is 2.